The molecule has 1 N–H and O–H groups in total. The van der Waals surface area contributed by atoms with Gasteiger partial charge in [0.05, 0.1) is 6.61 Å². The molecular formula is C18H29NO2. The maximum absolute atomic E-state index is 6.10. The SMILES string of the molecule is Cc1ccc(OCC2CCOCC2)c(CNC(C)(C)C)c1. The van der Waals surface area contributed by atoms with Crippen molar-refractivity contribution in [3.8, 4) is 5.75 Å². The molecule has 0 aromatic heterocycles. The summed E-state index contributed by atoms with van der Waals surface area (Å²) < 4.78 is 11.5. The summed E-state index contributed by atoms with van der Waals surface area (Å²) in [6, 6.07) is 6.45. The fourth-order valence-electron chi connectivity index (χ4n) is 2.47. The summed E-state index contributed by atoms with van der Waals surface area (Å²) in [5, 5.41) is 3.54. The maximum Gasteiger partial charge on any atom is 0.123 e. The fourth-order valence-corrected chi connectivity index (χ4v) is 2.47. The van der Waals surface area contributed by atoms with Gasteiger partial charge in [0.15, 0.2) is 0 Å². The van der Waals surface area contributed by atoms with Crippen LogP contribution in [0.25, 0.3) is 0 Å². The molecule has 2 rings (SSSR count). The summed E-state index contributed by atoms with van der Waals surface area (Å²) in [6.07, 6.45) is 2.23. The average molecular weight is 291 g/mol. The second-order valence-electron chi connectivity index (χ2n) is 7.08. The van der Waals surface area contributed by atoms with E-state index < -0.39 is 0 Å². The van der Waals surface area contributed by atoms with Crippen molar-refractivity contribution in [2.24, 2.45) is 5.92 Å². The Kier molecular flexibility index (Phi) is 5.65. The quantitative estimate of drug-likeness (QED) is 0.897. The normalized spacial score (nSPS) is 17.0. The Morgan fingerprint density at radius 2 is 1.95 bits per heavy atom. The fraction of sp³-hybridized carbons (Fsp3) is 0.667. The predicted octanol–water partition coefficient (Wildman–Crippen LogP) is 3.69. The molecule has 0 unspecified atom stereocenters. The van der Waals surface area contributed by atoms with E-state index in [0.717, 1.165) is 45.0 Å². The molecule has 3 heteroatoms. The molecule has 0 saturated carbocycles. The topological polar surface area (TPSA) is 30.5 Å². The summed E-state index contributed by atoms with van der Waals surface area (Å²) in [5.41, 5.74) is 2.64. The third kappa shape index (κ3) is 5.68. The van der Waals surface area contributed by atoms with Crippen LogP contribution in [0.3, 0.4) is 0 Å². The van der Waals surface area contributed by atoms with Gasteiger partial charge in [0, 0.05) is 30.9 Å². The second kappa shape index (κ2) is 7.28. The van der Waals surface area contributed by atoms with Crippen molar-refractivity contribution >= 4 is 0 Å². The minimum absolute atomic E-state index is 0.113. The van der Waals surface area contributed by atoms with Crippen LogP contribution in [0.15, 0.2) is 18.2 Å². The van der Waals surface area contributed by atoms with Crippen LogP contribution in [0.4, 0.5) is 0 Å². The van der Waals surface area contributed by atoms with E-state index in [1.807, 2.05) is 0 Å². The van der Waals surface area contributed by atoms with Crippen molar-refractivity contribution in [1.82, 2.24) is 5.32 Å². The highest BCUT2D eigenvalue weighted by Gasteiger charge is 2.16. The predicted molar refractivity (Wildman–Crippen MR) is 86.8 cm³/mol. The molecule has 0 radical (unpaired) electrons. The molecule has 0 bridgehead atoms. The molecule has 21 heavy (non-hydrogen) atoms. The third-order valence-electron chi connectivity index (χ3n) is 3.84. The summed E-state index contributed by atoms with van der Waals surface area (Å²) in [6.45, 7) is 12.1. The number of aryl methyl sites for hydroxylation is 1. The Morgan fingerprint density at radius 3 is 2.62 bits per heavy atom. The Morgan fingerprint density at radius 1 is 1.24 bits per heavy atom. The van der Waals surface area contributed by atoms with E-state index in [-0.39, 0.29) is 5.54 Å². The van der Waals surface area contributed by atoms with Crippen molar-refractivity contribution < 1.29 is 9.47 Å². The molecule has 1 aliphatic rings. The Hall–Kier alpha value is -1.06. The van der Waals surface area contributed by atoms with Crippen molar-refractivity contribution in [1.29, 1.82) is 0 Å². The highest BCUT2D eigenvalue weighted by molar-refractivity contribution is 5.37. The van der Waals surface area contributed by atoms with Crippen LogP contribution < -0.4 is 10.1 Å². The van der Waals surface area contributed by atoms with Crippen molar-refractivity contribution in [3.05, 3.63) is 29.3 Å². The number of ether oxygens (including phenoxy) is 2. The number of rotatable bonds is 5. The van der Waals surface area contributed by atoms with Gasteiger partial charge < -0.3 is 14.8 Å². The van der Waals surface area contributed by atoms with Gasteiger partial charge in [-0.1, -0.05) is 17.7 Å². The van der Waals surface area contributed by atoms with Gasteiger partial charge in [-0.25, -0.2) is 0 Å². The first-order valence-electron chi connectivity index (χ1n) is 7.99. The van der Waals surface area contributed by atoms with E-state index in [1.165, 1.54) is 11.1 Å². The zero-order chi connectivity index (χ0) is 15.3. The molecule has 1 aromatic rings. The highest BCUT2D eigenvalue weighted by atomic mass is 16.5. The van der Waals surface area contributed by atoms with Crippen LogP contribution in [-0.4, -0.2) is 25.4 Å². The molecule has 1 aromatic carbocycles. The van der Waals surface area contributed by atoms with E-state index in [9.17, 15) is 0 Å². The summed E-state index contributed by atoms with van der Waals surface area (Å²) >= 11 is 0. The minimum atomic E-state index is 0.113. The Balaban J connectivity index is 1.96. The molecular weight excluding hydrogens is 262 g/mol. The van der Waals surface area contributed by atoms with Crippen molar-refractivity contribution in [2.45, 2.75) is 52.6 Å². The minimum Gasteiger partial charge on any atom is -0.493 e. The van der Waals surface area contributed by atoms with Crippen LogP contribution in [0.1, 0.15) is 44.7 Å². The first-order chi connectivity index (χ1) is 9.94. The van der Waals surface area contributed by atoms with E-state index in [1.54, 1.807) is 0 Å². The molecule has 0 spiro atoms. The smallest absolute Gasteiger partial charge is 0.123 e. The second-order valence-corrected chi connectivity index (χ2v) is 7.08. The van der Waals surface area contributed by atoms with Gasteiger partial charge in [-0.2, -0.15) is 0 Å². The van der Waals surface area contributed by atoms with Crippen LogP contribution in [0, 0.1) is 12.8 Å². The molecule has 1 heterocycles. The van der Waals surface area contributed by atoms with Crippen LogP contribution in [0.5, 0.6) is 5.75 Å². The zero-order valence-electron chi connectivity index (χ0n) is 13.9. The number of nitrogens with one attached hydrogen (secondary N) is 1. The first-order valence-corrected chi connectivity index (χ1v) is 7.99. The van der Waals surface area contributed by atoms with Crippen molar-refractivity contribution in [3.63, 3.8) is 0 Å². The van der Waals surface area contributed by atoms with Gasteiger partial charge >= 0.3 is 0 Å². The molecule has 1 saturated heterocycles. The lowest BCUT2D eigenvalue weighted by Gasteiger charge is -2.24. The van der Waals surface area contributed by atoms with Gasteiger partial charge in [-0.15, -0.1) is 0 Å². The molecule has 3 nitrogen and oxygen atoms in total. The third-order valence-corrected chi connectivity index (χ3v) is 3.84. The van der Waals surface area contributed by atoms with E-state index >= 15 is 0 Å². The first kappa shape index (κ1) is 16.3. The number of hydrogen-bond donors (Lipinski definition) is 1. The average Bonchev–Trinajstić information content (AvgIpc) is 2.44. The number of benzene rings is 1. The monoisotopic (exact) mass is 291 g/mol. The van der Waals surface area contributed by atoms with Gasteiger partial charge in [-0.3, -0.25) is 0 Å². The van der Waals surface area contributed by atoms with Gasteiger partial charge in [0.1, 0.15) is 5.75 Å². The lowest BCUT2D eigenvalue weighted by atomic mass is 10.0. The lowest BCUT2D eigenvalue weighted by molar-refractivity contribution is 0.0496. The van der Waals surface area contributed by atoms with E-state index in [2.05, 4.69) is 51.2 Å². The Bertz CT molecular complexity index is 445. The van der Waals surface area contributed by atoms with Gasteiger partial charge in [0.25, 0.3) is 0 Å². The van der Waals surface area contributed by atoms with Crippen molar-refractivity contribution in [2.75, 3.05) is 19.8 Å². The Labute approximate surface area is 129 Å². The molecule has 0 amide bonds. The summed E-state index contributed by atoms with van der Waals surface area (Å²) in [4.78, 5) is 0. The summed E-state index contributed by atoms with van der Waals surface area (Å²) in [5.74, 6) is 1.65. The largest absolute Gasteiger partial charge is 0.493 e. The standard InChI is InChI=1S/C18H29NO2/c1-14-5-6-17(16(11-14)12-19-18(2,3)4)21-13-15-7-9-20-10-8-15/h5-6,11,15,19H,7-10,12-13H2,1-4H3. The molecule has 118 valence electrons. The van der Waals surface area contributed by atoms with Gasteiger partial charge in [0.2, 0.25) is 0 Å². The highest BCUT2D eigenvalue weighted by Crippen LogP contribution is 2.23. The maximum atomic E-state index is 6.10. The van der Waals surface area contributed by atoms with Gasteiger partial charge in [-0.05, 0) is 52.5 Å². The summed E-state index contributed by atoms with van der Waals surface area (Å²) in [7, 11) is 0. The molecule has 0 aliphatic carbocycles. The number of hydrogen-bond acceptors (Lipinski definition) is 3. The zero-order valence-corrected chi connectivity index (χ0v) is 13.9. The van der Waals surface area contributed by atoms with E-state index in [4.69, 9.17) is 9.47 Å². The van der Waals surface area contributed by atoms with E-state index in [0.29, 0.717) is 5.92 Å². The van der Waals surface area contributed by atoms with Crippen LogP contribution >= 0.6 is 0 Å². The van der Waals surface area contributed by atoms with Crippen LogP contribution in [-0.2, 0) is 11.3 Å². The van der Waals surface area contributed by atoms with Crippen LogP contribution in [0.2, 0.25) is 0 Å². The lowest BCUT2D eigenvalue weighted by Crippen LogP contribution is -2.35. The molecule has 1 aliphatic heterocycles. The molecule has 0 atom stereocenters. The molecule has 1 fully saturated rings.